The van der Waals surface area contributed by atoms with Crippen LogP contribution in [0.15, 0.2) is 24.3 Å². The van der Waals surface area contributed by atoms with Gasteiger partial charge < -0.3 is 20.5 Å². The van der Waals surface area contributed by atoms with Gasteiger partial charge in [-0.1, -0.05) is 18.2 Å². The quantitative estimate of drug-likeness (QED) is 0.778. The second-order valence-electron chi connectivity index (χ2n) is 4.36. The molecule has 3 N–H and O–H groups in total. The van der Waals surface area contributed by atoms with Gasteiger partial charge in [0.05, 0.1) is 19.2 Å². The first-order chi connectivity index (χ1) is 9.10. The molecule has 0 fully saturated rings. The third-order valence-electron chi connectivity index (χ3n) is 2.93. The van der Waals surface area contributed by atoms with Crippen molar-refractivity contribution in [2.24, 2.45) is 5.73 Å². The van der Waals surface area contributed by atoms with E-state index in [-0.39, 0.29) is 11.9 Å². The number of ether oxygens (including phenoxy) is 2. The monoisotopic (exact) mass is 266 g/mol. The number of carbonyl (C=O) groups is 1. The lowest BCUT2D eigenvalue weighted by molar-refractivity contribution is -0.123. The molecule has 0 radical (unpaired) electrons. The predicted octanol–water partition coefficient (Wildman–Crippen LogP) is 1.24. The second kappa shape index (κ2) is 7.76. The van der Waals surface area contributed by atoms with Gasteiger partial charge in [0.15, 0.2) is 0 Å². The lowest BCUT2D eigenvalue weighted by Crippen LogP contribution is -2.42. The Hall–Kier alpha value is -1.59. The highest BCUT2D eigenvalue weighted by molar-refractivity contribution is 5.81. The number of nitrogens with one attached hydrogen (secondary N) is 1. The molecule has 0 spiro atoms. The van der Waals surface area contributed by atoms with E-state index in [9.17, 15) is 4.79 Å². The molecule has 1 rings (SSSR count). The Labute approximate surface area is 114 Å². The summed E-state index contributed by atoms with van der Waals surface area (Å²) in [4.78, 5) is 11.9. The topological polar surface area (TPSA) is 73.6 Å². The number of amides is 1. The SMILES string of the molecule is COCCC(N)C(=O)N[C@H](C)c1ccccc1OC. The van der Waals surface area contributed by atoms with Gasteiger partial charge in [-0.05, 0) is 19.4 Å². The van der Waals surface area contributed by atoms with Crippen LogP contribution >= 0.6 is 0 Å². The first-order valence-corrected chi connectivity index (χ1v) is 6.28. The fourth-order valence-corrected chi connectivity index (χ4v) is 1.80. The Kier molecular flexibility index (Phi) is 6.32. The Balaban J connectivity index is 2.63. The average Bonchev–Trinajstić information content (AvgIpc) is 2.44. The van der Waals surface area contributed by atoms with Crippen molar-refractivity contribution < 1.29 is 14.3 Å². The molecule has 0 aliphatic rings. The zero-order chi connectivity index (χ0) is 14.3. The van der Waals surface area contributed by atoms with E-state index in [1.54, 1.807) is 14.2 Å². The lowest BCUT2D eigenvalue weighted by atomic mass is 10.1. The van der Waals surface area contributed by atoms with Crippen molar-refractivity contribution in [2.45, 2.75) is 25.4 Å². The van der Waals surface area contributed by atoms with E-state index >= 15 is 0 Å². The maximum atomic E-state index is 11.9. The molecule has 0 bridgehead atoms. The smallest absolute Gasteiger partial charge is 0.237 e. The lowest BCUT2D eigenvalue weighted by Gasteiger charge is -2.19. The second-order valence-corrected chi connectivity index (χ2v) is 4.36. The van der Waals surface area contributed by atoms with E-state index in [0.29, 0.717) is 13.0 Å². The largest absolute Gasteiger partial charge is 0.496 e. The summed E-state index contributed by atoms with van der Waals surface area (Å²) in [6, 6.07) is 6.87. The van der Waals surface area contributed by atoms with Crippen molar-refractivity contribution in [1.29, 1.82) is 0 Å². The summed E-state index contributed by atoms with van der Waals surface area (Å²) >= 11 is 0. The van der Waals surface area contributed by atoms with Gasteiger partial charge in [-0.15, -0.1) is 0 Å². The van der Waals surface area contributed by atoms with Crippen LogP contribution < -0.4 is 15.8 Å². The van der Waals surface area contributed by atoms with Crippen molar-refractivity contribution in [3.63, 3.8) is 0 Å². The number of hydrogen-bond donors (Lipinski definition) is 2. The van der Waals surface area contributed by atoms with E-state index in [1.165, 1.54) is 0 Å². The highest BCUT2D eigenvalue weighted by Crippen LogP contribution is 2.24. The zero-order valence-corrected chi connectivity index (χ0v) is 11.7. The summed E-state index contributed by atoms with van der Waals surface area (Å²) in [6.07, 6.45) is 0.501. The molecule has 0 aliphatic carbocycles. The number of hydrogen-bond acceptors (Lipinski definition) is 4. The molecule has 0 saturated carbocycles. The van der Waals surface area contributed by atoms with Crippen LogP contribution in [0.25, 0.3) is 0 Å². The van der Waals surface area contributed by atoms with Crippen molar-refractivity contribution in [2.75, 3.05) is 20.8 Å². The number of carbonyl (C=O) groups excluding carboxylic acids is 1. The zero-order valence-electron chi connectivity index (χ0n) is 11.7. The van der Waals surface area contributed by atoms with Crippen LogP contribution in [0.5, 0.6) is 5.75 Å². The Morgan fingerprint density at radius 2 is 2.05 bits per heavy atom. The highest BCUT2D eigenvalue weighted by atomic mass is 16.5. The fraction of sp³-hybridized carbons (Fsp3) is 0.500. The molecule has 5 heteroatoms. The Bertz CT molecular complexity index is 409. The summed E-state index contributed by atoms with van der Waals surface area (Å²) in [5, 5.41) is 2.88. The molecule has 1 unspecified atom stereocenters. The third-order valence-corrected chi connectivity index (χ3v) is 2.93. The number of benzene rings is 1. The number of nitrogens with two attached hydrogens (primary N) is 1. The van der Waals surface area contributed by atoms with Crippen LogP contribution in [0, 0.1) is 0 Å². The highest BCUT2D eigenvalue weighted by Gasteiger charge is 2.18. The van der Waals surface area contributed by atoms with E-state index < -0.39 is 6.04 Å². The van der Waals surface area contributed by atoms with Gasteiger partial charge in [0.25, 0.3) is 0 Å². The van der Waals surface area contributed by atoms with Gasteiger partial charge in [-0.2, -0.15) is 0 Å². The Morgan fingerprint density at radius 1 is 1.37 bits per heavy atom. The molecular formula is C14H22N2O3. The van der Waals surface area contributed by atoms with Gasteiger partial charge in [0.2, 0.25) is 5.91 Å². The van der Waals surface area contributed by atoms with Gasteiger partial charge in [0.1, 0.15) is 5.75 Å². The van der Waals surface area contributed by atoms with E-state index in [0.717, 1.165) is 11.3 Å². The van der Waals surface area contributed by atoms with Crippen LogP contribution in [0.2, 0.25) is 0 Å². The van der Waals surface area contributed by atoms with Crippen molar-refractivity contribution in [3.05, 3.63) is 29.8 Å². The molecule has 1 amide bonds. The van der Waals surface area contributed by atoms with Crippen LogP contribution in [0.3, 0.4) is 0 Å². The van der Waals surface area contributed by atoms with Crippen LogP contribution in [0.1, 0.15) is 24.9 Å². The standard InChI is InChI=1S/C14H22N2O3/c1-10(11-6-4-5-7-13(11)19-3)16-14(17)12(15)8-9-18-2/h4-7,10,12H,8-9,15H2,1-3H3,(H,16,17)/t10-,12?/m1/s1. The molecular weight excluding hydrogens is 244 g/mol. The third kappa shape index (κ3) is 4.54. The van der Waals surface area contributed by atoms with Crippen molar-refractivity contribution in [1.82, 2.24) is 5.32 Å². The molecule has 1 aromatic rings. The number of rotatable bonds is 7. The molecule has 0 saturated heterocycles. The molecule has 0 aliphatic heterocycles. The van der Waals surface area contributed by atoms with Crippen molar-refractivity contribution >= 4 is 5.91 Å². The summed E-state index contributed by atoms with van der Waals surface area (Å²) in [7, 11) is 3.19. The van der Waals surface area contributed by atoms with E-state index in [1.807, 2.05) is 31.2 Å². The Morgan fingerprint density at radius 3 is 2.68 bits per heavy atom. The predicted molar refractivity (Wildman–Crippen MR) is 74.0 cm³/mol. The fourth-order valence-electron chi connectivity index (χ4n) is 1.80. The molecule has 2 atom stereocenters. The minimum absolute atomic E-state index is 0.155. The summed E-state index contributed by atoms with van der Waals surface area (Å²) in [6.45, 7) is 2.37. The molecule has 1 aromatic carbocycles. The minimum Gasteiger partial charge on any atom is -0.496 e. The summed E-state index contributed by atoms with van der Waals surface area (Å²) in [5.74, 6) is 0.566. The molecule has 0 heterocycles. The van der Waals surface area contributed by atoms with Gasteiger partial charge in [-0.25, -0.2) is 0 Å². The molecule has 106 valence electrons. The number of methoxy groups -OCH3 is 2. The summed E-state index contributed by atoms with van der Waals surface area (Å²) in [5.41, 5.74) is 6.70. The normalized spacial score (nSPS) is 13.7. The number of para-hydroxylation sites is 1. The van der Waals surface area contributed by atoms with Crippen LogP contribution in [-0.2, 0) is 9.53 Å². The maximum absolute atomic E-state index is 11.9. The average molecular weight is 266 g/mol. The van der Waals surface area contributed by atoms with Crippen LogP contribution in [-0.4, -0.2) is 32.8 Å². The minimum atomic E-state index is -0.558. The van der Waals surface area contributed by atoms with E-state index in [4.69, 9.17) is 15.2 Å². The van der Waals surface area contributed by atoms with Gasteiger partial charge in [0, 0.05) is 19.3 Å². The molecule has 0 aromatic heterocycles. The van der Waals surface area contributed by atoms with Crippen molar-refractivity contribution in [3.8, 4) is 5.75 Å². The van der Waals surface area contributed by atoms with Gasteiger partial charge >= 0.3 is 0 Å². The first-order valence-electron chi connectivity index (χ1n) is 6.28. The molecule has 19 heavy (non-hydrogen) atoms. The summed E-state index contributed by atoms with van der Waals surface area (Å²) < 4.78 is 10.2. The first kappa shape index (κ1) is 15.5. The van der Waals surface area contributed by atoms with E-state index in [2.05, 4.69) is 5.32 Å². The molecule has 5 nitrogen and oxygen atoms in total. The van der Waals surface area contributed by atoms with Crippen LogP contribution in [0.4, 0.5) is 0 Å². The maximum Gasteiger partial charge on any atom is 0.237 e. The van der Waals surface area contributed by atoms with Gasteiger partial charge in [-0.3, -0.25) is 4.79 Å².